The number of nitrogens with two attached hydrogens (primary N) is 1. The summed E-state index contributed by atoms with van der Waals surface area (Å²) in [5.74, 6) is -3.87. The number of aliphatic hydroxyl groups excluding tert-OH is 9. The lowest BCUT2D eigenvalue weighted by Gasteiger charge is -2.40. The zero-order valence-electron chi connectivity index (χ0n) is 65.3. The van der Waals surface area contributed by atoms with Crippen molar-refractivity contribution < 1.29 is 126 Å². The Bertz CT molecular complexity index is 2290. The monoisotopic (exact) mass is 1550 g/mol. The highest BCUT2D eigenvalue weighted by atomic mass is 31.2. The standard InChI is InChI=1S/C62H113N5O22.C7H18NO4P.2C2H6/c1-40-53(76)56(79)46(37-68)87-60(40)84-33-19-11-25-50(73)64-29-16-9-22-43(59(82)66-31-15-7-8-24-49(72)63-28-14-5-6-18-32-83-4)36-45(71)44(67-52(75)27-13-21-35-86-62-42(3)55(78)58(81)48(39-70)89-62)23-10-17-30-65-51(74)26-12-20-34-85-61-41(2)54(77)57(80)47(38-69)88-61;1-11-13(9,10)12-7-5-3-2-4-6-8;2*1-2/h40-44,46-48,53-58,60-62,68-70,76-81H,5-39H2,1-4H3,(H,63,72)(H,64,73)(H,65,74)(H,66,82)(H,67,75);2-8H2,1H3,(H,9,10);2*1-2H3/t40?,41?,42?,43?,44?,46?,47?,48?,53-,54-,55-,56+,57+,58+,60-,61-,62-;;;/m1.../s1. The summed E-state index contributed by atoms with van der Waals surface area (Å²) >= 11 is 0. The maximum atomic E-state index is 14.4. The highest BCUT2D eigenvalue weighted by molar-refractivity contribution is 7.47. The smallest absolute Gasteiger partial charge is 0.394 e. The lowest BCUT2D eigenvalue weighted by atomic mass is 9.91. The van der Waals surface area contributed by atoms with Crippen LogP contribution in [0.5, 0.6) is 0 Å². The van der Waals surface area contributed by atoms with Crippen LogP contribution in [0.1, 0.15) is 228 Å². The molecule has 106 heavy (non-hydrogen) atoms. The molecule has 0 saturated carbocycles. The molecule has 3 saturated heterocycles. The molecule has 3 aliphatic rings. The average molecular weight is 1550 g/mol. The van der Waals surface area contributed by atoms with E-state index in [0.717, 1.165) is 65.1 Å². The van der Waals surface area contributed by atoms with Gasteiger partial charge in [-0.2, -0.15) is 0 Å². The van der Waals surface area contributed by atoms with Crippen LogP contribution < -0.4 is 32.3 Å². The van der Waals surface area contributed by atoms with Crippen LogP contribution in [-0.2, 0) is 75.5 Å². The Morgan fingerprint density at radius 3 is 1.17 bits per heavy atom. The highest BCUT2D eigenvalue weighted by Crippen LogP contribution is 2.42. The number of rotatable bonds is 57. The van der Waals surface area contributed by atoms with E-state index < -0.39 is 137 Å². The number of Topliss-reactive ketones (excluding diaryl/α,β-unsaturated/α-hetero) is 1. The van der Waals surface area contributed by atoms with Crippen LogP contribution in [0, 0.1) is 23.7 Å². The number of hydrogen-bond acceptors (Lipinski definition) is 26. The van der Waals surface area contributed by atoms with Crippen molar-refractivity contribution in [3.8, 4) is 0 Å². The van der Waals surface area contributed by atoms with Gasteiger partial charge in [0.1, 0.15) is 36.6 Å². The Balaban J connectivity index is 0.00000578. The van der Waals surface area contributed by atoms with Crippen molar-refractivity contribution in [2.24, 2.45) is 29.4 Å². The first-order chi connectivity index (χ1) is 50.9. The van der Waals surface area contributed by atoms with E-state index in [1.165, 1.54) is 0 Å². The molecule has 0 aromatic rings. The molecule has 32 nitrogen and oxygen atoms in total. The molecule has 0 aromatic carbocycles. The van der Waals surface area contributed by atoms with Crippen molar-refractivity contribution in [1.82, 2.24) is 26.6 Å². The molecule has 3 aliphatic heterocycles. The first-order valence-corrected chi connectivity index (χ1v) is 40.7. The van der Waals surface area contributed by atoms with Gasteiger partial charge in [-0.05, 0) is 116 Å². The molecule has 0 radical (unpaired) electrons. The number of hydrogen-bond donors (Lipinski definition) is 16. The summed E-state index contributed by atoms with van der Waals surface area (Å²) in [6, 6.07) is -0.959. The molecule has 626 valence electrons. The zero-order chi connectivity index (χ0) is 79.7. The first-order valence-electron chi connectivity index (χ1n) is 39.2. The predicted molar refractivity (Wildman–Crippen MR) is 397 cm³/mol. The molecule has 3 fully saturated rings. The summed E-state index contributed by atoms with van der Waals surface area (Å²) in [4.78, 5) is 88.7. The first kappa shape index (κ1) is 102. The van der Waals surface area contributed by atoms with Crippen LogP contribution >= 0.6 is 7.82 Å². The number of nitrogens with one attached hydrogen (secondary N) is 5. The number of carbonyl (C=O) groups is 6. The molecule has 17 N–H and O–H groups in total. The van der Waals surface area contributed by atoms with Gasteiger partial charge in [0.25, 0.3) is 0 Å². The second kappa shape index (κ2) is 64.0. The van der Waals surface area contributed by atoms with E-state index in [9.17, 15) is 79.3 Å². The average Bonchev–Trinajstić information content (AvgIpc) is 0.834. The lowest BCUT2D eigenvalue weighted by Crippen LogP contribution is -2.55. The van der Waals surface area contributed by atoms with E-state index in [0.29, 0.717) is 129 Å². The lowest BCUT2D eigenvalue weighted by molar-refractivity contribution is -0.282. The molecule has 0 bridgehead atoms. The van der Waals surface area contributed by atoms with Gasteiger partial charge < -0.3 is 116 Å². The van der Waals surface area contributed by atoms with Gasteiger partial charge in [-0.1, -0.05) is 87.0 Å². The molecule has 0 aliphatic carbocycles. The van der Waals surface area contributed by atoms with Gasteiger partial charge in [-0.15, -0.1) is 0 Å². The van der Waals surface area contributed by atoms with Crippen molar-refractivity contribution >= 4 is 43.1 Å². The van der Waals surface area contributed by atoms with Crippen molar-refractivity contribution in [3.63, 3.8) is 0 Å². The van der Waals surface area contributed by atoms with Gasteiger partial charge in [0.2, 0.25) is 29.5 Å². The van der Waals surface area contributed by atoms with Crippen LogP contribution in [0.4, 0.5) is 0 Å². The number of ketones is 1. The summed E-state index contributed by atoms with van der Waals surface area (Å²) in [6.07, 6.45) is 2.80. The van der Waals surface area contributed by atoms with E-state index in [4.69, 9.17) is 43.8 Å². The number of ether oxygens (including phenoxy) is 7. The van der Waals surface area contributed by atoms with Crippen LogP contribution in [0.2, 0.25) is 0 Å². The molecule has 9 unspecified atom stereocenters. The fraction of sp³-hybridized carbons (Fsp3) is 0.918. The minimum atomic E-state index is -3.75. The van der Waals surface area contributed by atoms with Gasteiger partial charge >= 0.3 is 7.82 Å². The van der Waals surface area contributed by atoms with Crippen molar-refractivity contribution in [2.75, 3.05) is 99.8 Å². The number of methoxy groups -OCH3 is 1. The normalized spacial score (nSPS) is 25.3. The molecule has 0 aromatic heterocycles. The summed E-state index contributed by atoms with van der Waals surface area (Å²) in [5, 5.41) is 105. The summed E-state index contributed by atoms with van der Waals surface area (Å²) in [6.45, 7) is 15.4. The number of unbranched alkanes of at least 4 members (excludes halogenated alkanes) is 13. The number of phosphoric acid groups is 1. The van der Waals surface area contributed by atoms with Gasteiger partial charge in [-0.25, -0.2) is 4.57 Å². The van der Waals surface area contributed by atoms with Crippen molar-refractivity contribution in [3.05, 3.63) is 0 Å². The second-order valence-electron chi connectivity index (χ2n) is 26.9. The largest absolute Gasteiger partial charge is 0.471 e. The van der Waals surface area contributed by atoms with Crippen molar-refractivity contribution in [1.29, 1.82) is 0 Å². The zero-order valence-corrected chi connectivity index (χ0v) is 66.2. The third kappa shape index (κ3) is 45.1. The third-order valence-corrected chi connectivity index (χ3v) is 19.4. The molecule has 0 spiro atoms. The maximum Gasteiger partial charge on any atom is 0.471 e. The maximum absolute atomic E-state index is 14.4. The minimum Gasteiger partial charge on any atom is -0.394 e. The third-order valence-electron chi connectivity index (χ3n) is 18.5. The summed E-state index contributed by atoms with van der Waals surface area (Å²) in [7, 11) is -0.929. The van der Waals surface area contributed by atoms with E-state index in [2.05, 4.69) is 35.6 Å². The summed E-state index contributed by atoms with van der Waals surface area (Å²) in [5.41, 5.74) is 5.30. The highest BCUT2D eigenvalue weighted by Gasteiger charge is 2.45. The molecule has 18 atom stereocenters. The van der Waals surface area contributed by atoms with E-state index in [1.54, 1.807) is 27.9 Å². The summed E-state index contributed by atoms with van der Waals surface area (Å²) < 4.78 is 58.9. The Kier molecular flexibility index (Phi) is 61.9. The predicted octanol–water partition coefficient (Wildman–Crippen LogP) is 3.73. The quantitative estimate of drug-likeness (QED) is 0.0305. The van der Waals surface area contributed by atoms with E-state index in [1.807, 2.05) is 27.7 Å². The van der Waals surface area contributed by atoms with Gasteiger partial charge in [-0.3, -0.25) is 37.8 Å². The Morgan fingerprint density at radius 2 is 0.774 bits per heavy atom. The van der Waals surface area contributed by atoms with Gasteiger partial charge in [0.15, 0.2) is 24.7 Å². The molecule has 3 heterocycles. The fourth-order valence-corrected chi connectivity index (χ4v) is 12.2. The van der Waals surface area contributed by atoms with Crippen molar-refractivity contribution in [2.45, 2.75) is 308 Å². The molecule has 33 heteroatoms. The van der Waals surface area contributed by atoms with E-state index in [-0.39, 0.29) is 87.9 Å². The van der Waals surface area contributed by atoms with Crippen LogP contribution in [0.3, 0.4) is 0 Å². The van der Waals surface area contributed by atoms with Gasteiger partial charge in [0.05, 0.1) is 50.8 Å². The second-order valence-corrected chi connectivity index (χ2v) is 28.5. The van der Waals surface area contributed by atoms with Crippen LogP contribution in [0.25, 0.3) is 0 Å². The van der Waals surface area contributed by atoms with Crippen LogP contribution in [0.15, 0.2) is 0 Å². The number of carbonyl (C=O) groups excluding carboxylic acids is 6. The molecule has 3 rings (SSSR count). The molecular weight excluding hydrogens is 1410 g/mol. The van der Waals surface area contributed by atoms with Crippen LogP contribution in [-0.4, -0.2) is 266 Å². The van der Waals surface area contributed by atoms with Gasteiger partial charge in [0, 0.05) is 123 Å². The minimum absolute atomic E-state index is 0.0185. The molecular formula is C73H143N6O26P. The Labute approximate surface area is 631 Å². The number of amides is 5. The number of aliphatic hydroxyl groups is 9. The molecule has 5 amide bonds. The Hall–Kier alpha value is -3.55. The SMILES string of the molecule is CC.CC.COCCCCCCNC(=O)CCCCCNC(=O)C(CCCCNC(=O)CCCCO[C@@H]1OC(CO)[C@H](O)[C@H](O)C1C)CC(=O)C(CCCCNC(=O)CCCCO[C@@H]1OC(CO)[C@H](O)[C@H](O)C1C)NC(=O)CCCCO[C@@H]1OC(CO)[C@H](O)[C@H](O)C1C.COP(=O)(O)OCCCCCCN. The number of phosphoric ester groups is 1. The fourth-order valence-electron chi connectivity index (χ4n) is 11.7. The Morgan fingerprint density at radius 1 is 0.434 bits per heavy atom. The van der Waals surface area contributed by atoms with E-state index >= 15 is 0 Å². The topological polar surface area (TPSA) is 491 Å².